The minimum atomic E-state index is -3.72. The monoisotopic (exact) mass is 347 g/mol. The van der Waals surface area contributed by atoms with Crippen LogP contribution in [0.5, 0.6) is 0 Å². The summed E-state index contributed by atoms with van der Waals surface area (Å²) < 4.78 is 22.4. The van der Waals surface area contributed by atoms with Crippen molar-refractivity contribution in [2.75, 3.05) is 23.8 Å². The van der Waals surface area contributed by atoms with Gasteiger partial charge in [-0.2, -0.15) is 0 Å². The first-order valence-electron chi connectivity index (χ1n) is 7.52. The second-order valence-electron chi connectivity index (χ2n) is 5.48. The summed E-state index contributed by atoms with van der Waals surface area (Å²) in [5.41, 5.74) is 2.45. The van der Waals surface area contributed by atoms with Crippen molar-refractivity contribution in [1.82, 2.24) is 0 Å². The third-order valence-electron chi connectivity index (χ3n) is 3.66. The van der Waals surface area contributed by atoms with Crippen LogP contribution in [0.3, 0.4) is 0 Å². The minimum absolute atomic E-state index is 0.0296. The first kappa shape index (κ1) is 18.0. The highest BCUT2D eigenvalue weighted by Crippen LogP contribution is 2.18. The second kappa shape index (κ2) is 7.46. The number of sulfonamides is 1. The number of anilines is 2. The van der Waals surface area contributed by atoms with E-state index >= 15 is 0 Å². The number of hydrogen-bond donors (Lipinski definition) is 2. The zero-order valence-corrected chi connectivity index (χ0v) is 14.5. The van der Waals surface area contributed by atoms with E-state index in [4.69, 9.17) is 5.14 Å². The SMILES string of the molecule is CCN(C)c1cccc(NC(=O)Cc2ccc(S(N)(=O)=O)cc2)c1. The van der Waals surface area contributed by atoms with Crippen LogP contribution in [0.1, 0.15) is 12.5 Å². The van der Waals surface area contributed by atoms with Crippen LogP contribution >= 0.6 is 0 Å². The third-order valence-corrected chi connectivity index (χ3v) is 4.59. The maximum atomic E-state index is 12.1. The molecule has 0 aromatic heterocycles. The van der Waals surface area contributed by atoms with Gasteiger partial charge in [0.05, 0.1) is 11.3 Å². The minimum Gasteiger partial charge on any atom is -0.375 e. The molecule has 0 fully saturated rings. The fourth-order valence-electron chi connectivity index (χ4n) is 2.19. The van der Waals surface area contributed by atoms with E-state index in [-0.39, 0.29) is 17.2 Å². The summed E-state index contributed by atoms with van der Waals surface area (Å²) in [4.78, 5) is 14.2. The molecular weight excluding hydrogens is 326 g/mol. The van der Waals surface area contributed by atoms with Gasteiger partial charge in [0, 0.05) is 25.0 Å². The van der Waals surface area contributed by atoms with Crippen molar-refractivity contribution in [2.24, 2.45) is 5.14 Å². The van der Waals surface area contributed by atoms with Gasteiger partial charge >= 0.3 is 0 Å². The molecule has 0 saturated heterocycles. The fourth-order valence-corrected chi connectivity index (χ4v) is 2.71. The average molecular weight is 347 g/mol. The van der Waals surface area contributed by atoms with E-state index in [9.17, 15) is 13.2 Å². The molecule has 0 aliphatic rings. The number of benzene rings is 2. The van der Waals surface area contributed by atoms with Crippen molar-refractivity contribution >= 4 is 27.3 Å². The van der Waals surface area contributed by atoms with E-state index in [1.807, 2.05) is 31.3 Å². The zero-order valence-electron chi connectivity index (χ0n) is 13.7. The third kappa shape index (κ3) is 4.81. The Balaban J connectivity index is 2.03. The fraction of sp³-hybridized carbons (Fsp3) is 0.235. The van der Waals surface area contributed by atoms with Crippen LogP contribution in [0.15, 0.2) is 53.4 Å². The molecule has 0 bridgehead atoms. The van der Waals surface area contributed by atoms with Crippen molar-refractivity contribution in [1.29, 1.82) is 0 Å². The lowest BCUT2D eigenvalue weighted by molar-refractivity contribution is -0.115. The Kier molecular flexibility index (Phi) is 5.58. The summed E-state index contributed by atoms with van der Waals surface area (Å²) in [6.45, 7) is 2.92. The van der Waals surface area contributed by atoms with E-state index in [0.717, 1.165) is 17.9 Å². The Hall–Kier alpha value is -2.38. The molecule has 2 aromatic rings. The topological polar surface area (TPSA) is 92.5 Å². The van der Waals surface area contributed by atoms with Crippen molar-refractivity contribution < 1.29 is 13.2 Å². The van der Waals surface area contributed by atoms with Crippen LogP contribution < -0.4 is 15.4 Å². The summed E-state index contributed by atoms with van der Waals surface area (Å²) in [7, 11) is -1.74. The van der Waals surface area contributed by atoms with Crippen LogP contribution in [0.4, 0.5) is 11.4 Å². The molecule has 6 nitrogen and oxygen atoms in total. The normalized spacial score (nSPS) is 11.1. The molecule has 0 atom stereocenters. The maximum absolute atomic E-state index is 12.1. The number of primary sulfonamides is 1. The summed E-state index contributed by atoms with van der Waals surface area (Å²) in [5, 5.41) is 7.90. The lowest BCUT2D eigenvalue weighted by Gasteiger charge is -2.17. The maximum Gasteiger partial charge on any atom is 0.238 e. The number of nitrogens with zero attached hydrogens (tertiary/aromatic N) is 1. The molecule has 0 heterocycles. The van der Waals surface area contributed by atoms with Gasteiger partial charge in [0.2, 0.25) is 15.9 Å². The number of nitrogens with two attached hydrogens (primary N) is 1. The van der Waals surface area contributed by atoms with Gasteiger partial charge in [-0.1, -0.05) is 18.2 Å². The van der Waals surface area contributed by atoms with Gasteiger partial charge in [-0.3, -0.25) is 4.79 Å². The summed E-state index contributed by atoms with van der Waals surface area (Å²) in [6, 6.07) is 13.6. The highest BCUT2D eigenvalue weighted by Gasteiger charge is 2.09. The molecule has 0 aliphatic heterocycles. The van der Waals surface area contributed by atoms with E-state index in [0.29, 0.717) is 5.56 Å². The quantitative estimate of drug-likeness (QED) is 0.835. The number of hydrogen-bond acceptors (Lipinski definition) is 4. The highest BCUT2D eigenvalue weighted by molar-refractivity contribution is 7.89. The van der Waals surface area contributed by atoms with Gasteiger partial charge in [0.25, 0.3) is 0 Å². The van der Waals surface area contributed by atoms with Crippen molar-refractivity contribution in [2.45, 2.75) is 18.2 Å². The number of amides is 1. The number of carbonyl (C=O) groups excluding carboxylic acids is 1. The Morgan fingerprint density at radius 2 is 1.83 bits per heavy atom. The number of carbonyl (C=O) groups is 1. The predicted molar refractivity (Wildman–Crippen MR) is 95.5 cm³/mol. The van der Waals surface area contributed by atoms with Crippen molar-refractivity contribution in [3.8, 4) is 0 Å². The lowest BCUT2D eigenvalue weighted by atomic mass is 10.1. The van der Waals surface area contributed by atoms with E-state index in [2.05, 4.69) is 17.1 Å². The van der Waals surface area contributed by atoms with Crippen LogP contribution in [0.25, 0.3) is 0 Å². The molecule has 2 rings (SSSR count). The Bertz CT molecular complexity index is 817. The number of nitrogens with one attached hydrogen (secondary N) is 1. The van der Waals surface area contributed by atoms with Crippen molar-refractivity contribution in [3.05, 3.63) is 54.1 Å². The van der Waals surface area contributed by atoms with E-state index in [1.165, 1.54) is 12.1 Å². The first-order valence-corrected chi connectivity index (χ1v) is 9.07. The molecule has 1 amide bonds. The smallest absolute Gasteiger partial charge is 0.238 e. The molecule has 0 saturated carbocycles. The molecule has 0 radical (unpaired) electrons. The summed E-state index contributed by atoms with van der Waals surface area (Å²) in [5.74, 6) is -0.172. The molecule has 24 heavy (non-hydrogen) atoms. The Morgan fingerprint density at radius 3 is 2.42 bits per heavy atom. The van der Waals surface area contributed by atoms with Gasteiger partial charge in [-0.05, 0) is 42.8 Å². The van der Waals surface area contributed by atoms with Gasteiger partial charge in [-0.25, -0.2) is 13.6 Å². The van der Waals surface area contributed by atoms with Gasteiger partial charge < -0.3 is 10.2 Å². The van der Waals surface area contributed by atoms with E-state index < -0.39 is 10.0 Å². The lowest BCUT2D eigenvalue weighted by Crippen LogP contribution is -2.17. The molecule has 0 spiro atoms. The predicted octanol–water partition coefficient (Wildman–Crippen LogP) is 1.97. The molecule has 128 valence electrons. The Morgan fingerprint density at radius 1 is 1.17 bits per heavy atom. The molecule has 7 heteroatoms. The summed E-state index contributed by atoms with van der Waals surface area (Å²) >= 11 is 0. The Labute approximate surface area is 142 Å². The van der Waals surface area contributed by atoms with Crippen molar-refractivity contribution in [3.63, 3.8) is 0 Å². The van der Waals surface area contributed by atoms with Gasteiger partial charge in [0.1, 0.15) is 0 Å². The number of rotatable bonds is 6. The van der Waals surface area contributed by atoms with Crippen LogP contribution in [0, 0.1) is 0 Å². The second-order valence-corrected chi connectivity index (χ2v) is 7.04. The van der Waals surface area contributed by atoms with Crippen LogP contribution in [-0.2, 0) is 21.2 Å². The standard InChI is InChI=1S/C17H21N3O3S/c1-3-20(2)15-6-4-5-14(12-15)19-17(21)11-13-7-9-16(10-8-13)24(18,22)23/h4-10,12H,3,11H2,1-2H3,(H,19,21)(H2,18,22,23). The first-order chi connectivity index (χ1) is 11.3. The molecule has 3 N–H and O–H groups in total. The average Bonchev–Trinajstić information content (AvgIpc) is 2.54. The molecule has 0 unspecified atom stereocenters. The van der Waals surface area contributed by atoms with Gasteiger partial charge in [-0.15, -0.1) is 0 Å². The summed E-state index contributed by atoms with van der Waals surface area (Å²) in [6.07, 6.45) is 0.152. The van der Waals surface area contributed by atoms with Crippen LogP contribution in [-0.4, -0.2) is 27.9 Å². The van der Waals surface area contributed by atoms with Gasteiger partial charge in [0.15, 0.2) is 0 Å². The zero-order chi connectivity index (χ0) is 17.7. The largest absolute Gasteiger partial charge is 0.375 e. The molecular formula is C17H21N3O3S. The van der Waals surface area contributed by atoms with E-state index in [1.54, 1.807) is 12.1 Å². The molecule has 0 aliphatic carbocycles. The van der Waals surface area contributed by atoms with Crippen LogP contribution in [0.2, 0.25) is 0 Å². The highest BCUT2D eigenvalue weighted by atomic mass is 32.2. The molecule has 2 aromatic carbocycles.